The Labute approximate surface area is 162 Å². The Morgan fingerprint density at radius 1 is 1.11 bits per heavy atom. The molecule has 0 unspecified atom stereocenters. The lowest BCUT2D eigenvalue weighted by molar-refractivity contribution is -0.115. The van der Waals surface area contributed by atoms with Gasteiger partial charge in [-0.25, -0.2) is 4.79 Å². The number of benzene rings is 2. The Morgan fingerprint density at radius 2 is 1.93 bits per heavy atom. The van der Waals surface area contributed by atoms with Crippen molar-refractivity contribution in [1.29, 1.82) is 0 Å². The quantitative estimate of drug-likeness (QED) is 0.566. The molecule has 3 aromatic rings. The SMILES string of the molecule is CCOc1ccc2oc(-c3ccccc3)c(C(=O)OC3=CC(=O)CCC3)c2c1. The van der Waals surface area contributed by atoms with E-state index in [-0.39, 0.29) is 5.78 Å². The Balaban J connectivity index is 1.82. The first-order valence-corrected chi connectivity index (χ1v) is 9.36. The van der Waals surface area contributed by atoms with Crippen molar-refractivity contribution >= 4 is 22.7 Å². The van der Waals surface area contributed by atoms with Gasteiger partial charge in [0.05, 0.1) is 6.61 Å². The van der Waals surface area contributed by atoms with E-state index in [1.54, 1.807) is 12.1 Å². The number of allylic oxidation sites excluding steroid dienone is 2. The normalized spacial score (nSPS) is 14.0. The van der Waals surface area contributed by atoms with E-state index in [0.29, 0.717) is 59.7 Å². The van der Waals surface area contributed by atoms with E-state index in [9.17, 15) is 9.59 Å². The summed E-state index contributed by atoms with van der Waals surface area (Å²) in [6.45, 7) is 2.42. The van der Waals surface area contributed by atoms with Crippen molar-refractivity contribution < 1.29 is 23.5 Å². The third kappa shape index (κ3) is 3.56. The molecule has 0 atom stereocenters. The molecule has 142 valence electrons. The van der Waals surface area contributed by atoms with Crippen LogP contribution in [0.3, 0.4) is 0 Å². The Kier molecular flexibility index (Phi) is 4.98. The zero-order valence-electron chi connectivity index (χ0n) is 15.6. The maximum atomic E-state index is 13.1. The highest BCUT2D eigenvalue weighted by Crippen LogP contribution is 2.36. The summed E-state index contributed by atoms with van der Waals surface area (Å²) >= 11 is 0. The molecular formula is C23H20O5. The van der Waals surface area contributed by atoms with Gasteiger partial charge in [0.1, 0.15) is 28.4 Å². The number of esters is 1. The highest BCUT2D eigenvalue weighted by atomic mass is 16.5. The fourth-order valence-corrected chi connectivity index (χ4v) is 3.34. The molecule has 0 bridgehead atoms. The van der Waals surface area contributed by atoms with E-state index in [1.165, 1.54) is 6.08 Å². The largest absolute Gasteiger partial charge is 0.494 e. The fraction of sp³-hybridized carbons (Fsp3) is 0.217. The zero-order valence-corrected chi connectivity index (χ0v) is 15.6. The van der Waals surface area contributed by atoms with E-state index in [0.717, 1.165) is 5.56 Å². The van der Waals surface area contributed by atoms with Gasteiger partial charge in [-0.15, -0.1) is 0 Å². The molecule has 0 N–H and O–H groups in total. The summed E-state index contributed by atoms with van der Waals surface area (Å²) in [6, 6.07) is 14.8. The summed E-state index contributed by atoms with van der Waals surface area (Å²) in [4.78, 5) is 24.7. The summed E-state index contributed by atoms with van der Waals surface area (Å²) in [5.74, 6) is 0.935. The van der Waals surface area contributed by atoms with Crippen LogP contribution in [0.2, 0.25) is 0 Å². The summed E-state index contributed by atoms with van der Waals surface area (Å²) < 4.78 is 17.2. The van der Waals surface area contributed by atoms with Crippen LogP contribution in [0.15, 0.2) is 64.8 Å². The van der Waals surface area contributed by atoms with E-state index in [1.807, 2.05) is 43.3 Å². The number of furan rings is 1. The van der Waals surface area contributed by atoms with Gasteiger partial charge in [-0.3, -0.25) is 4.79 Å². The number of fused-ring (bicyclic) bond motifs is 1. The predicted molar refractivity (Wildman–Crippen MR) is 105 cm³/mol. The fourth-order valence-electron chi connectivity index (χ4n) is 3.34. The molecule has 5 heteroatoms. The molecule has 0 saturated heterocycles. The van der Waals surface area contributed by atoms with Crippen LogP contribution in [0.1, 0.15) is 36.5 Å². The van der Waals surface area contributed by atoms with Crippen LogP contribution in [0, 0.1) is 0 Å². The lowest BCUT2D eigenvalue weighted by Crippen LogP contribution is -2.11. The molecule has 0 saturated carbocycles. The van der Waals surface area contributed by atoms with Crippen molar-refractivity contribution in [3.05, 3.63) is 65.9 Å². The number of ketones is 1. The highest BCUT2D eigenvalue weighted by molar-refractivity contribution is 6.09. The first-order chi connectivity index (χ1) is 13.7. The molecule has 2 aromatic carbocycles. The minimum absolute atomic E-state index is 0.0204. The molecule has 0 amide bonds. The van der Waals surface area contributed by atoms with Crippen LogP contribution in [0.5, 0.6) is 5.75 Å². The topological polar surface area (TPSA) is 65.7 Å². The monoisotopic (exact) mass is 376 g/mol. The number of hydrogen-bond acceptors (Lipinski definition) is 5. The lowest BCUT2D eigenvalue weighted by atomic mass is 10.0. The second-order valence-electron chi connectivity index (χ2n) is 6.58. The minimum atomic E-state index is -0.535. The summed E-state index contributed by atoms with van der Waals surface area (Å²) in [7, 11) is 0. The van der Waals surface area contributed by atoms with Crippen LogP contribution >= 0.6 is 0 Å². The van der Waals surface area contributed by atoms with Crippen molar-refractivity contribution in [2.24, 2.45) is 0 Å². The van der Waals surface area contributed by atoms with E-state index < -0.39 is 5.97 Å². The Hall–Kier alpha value is -3.34. The Morgan fingerprint density at radius 3 is 2.68 bits per heavy atom. The van der Waals surface area contributed by atoms with Crippen molar-refractivity contribution in [3.63, 3.8) is 0 Å². The van der Waals surface area contributed by atoms with Gasteiger partial charge in [0.25, 0.3) is 0 Å². The molecule has 5 nitrogen and oxygen atoms in total. The van der Waals surface area contributed by atoms with Gasteiger partial charge in [-0.2, -0.15) is 0 Å². The first kappa shape index (κ1) is 18.0. The van der Waals surface area contributed by atoms with Crippen LogP contribution < -0.4 is 4.74 Å². The van der Waals surface area contributed by atoms with Crippen molar-refractivity contribution in [2.75, 3.05) is 6.61 Å². The van der Waals surface area contributed by atoms with Crippen LogP contribution in [-0.2, 0) is 9.53 Å². The van der Waals surface area contributed by atoms with Gasteiger partial charge in [0, 0.05) is 29.9 Å². The molecule has 0 aliphatic heterocycles. The predicted octanol–water partition coefficient (Wildman–Crippen LogP) is 5.29. The number of carbonyl (C=O) groups is 2. The van der Waals surface area contributed by atoms with Gasteiger partial charge >= 0.3 is 5.97 Å². The Bertz CT molecular complexity index is 1060. The smallest absolute Gasteiger partial charge is 0.347 e. The molecule has 1 heterocycles. The third-order valence-corrected chi connectivity index (χ3v) is 4.60. The minimum Gasteiger partial charge on any atom is -0.494 e. The molecule has 0 radical (unpaired) electrons. The van der Waals surface area contributed by atoms with Crippen molar-refractivity contribution in [2.45, 2.75) is 26.2 Å². The standard InChI is InChI=1S/C23H20O5/c1-2-26-17-11-12-20-19(14-17)21(22(28-20)15-7-4-3-5-8-15)23(25)27-18-10-6-9-16(24)13-18/h3-5,7-8,11-14H,2,6,9-10H2,1H3. The first-order valence-electron chi connectivity index (χ1n) is 9.36. The third-order valence-electron chi connectivity index (χ3n) is 4.60. The number of rotatable bonds is 5. The summed E-state index contributed by atoms with van der Waals surface area (Å²) in [6.07, 6.45) is 3.16. The maximum absolute atomic E-state index is 13.1. The second kappa shape index (κ2) is 7.72. The molecular weight excluding hydrogens is 356 g/mol. The summed E-state index contributed by atoms with van der Waals surface area (Å²) in [5, 5.41) is 0.623. The molecule has 1 aromatic heterocycles. The van der Waals surface area contributed by atoms with Crippen LogP contribution in [0.25, 0.3) is 22.3 Å². The van der Waals surface area contributed by atoms with Crippen LogP contribution in [-0.4, -0.2) is 18.4 Å². The lowest BCUT2D eigenvalue weighted by Gasteiger charge is -2.12. The molecule has 4 rings (SSSR count). The van der Waals surface area contributed by atoms with Gasteiger partial charge in [0.15, 0.2) is 5.78 Å². The number of carbonyl (C=O) groups excluding carboxylic acids is 2. The maximum Gasteiger partial charge on any atom is 0.347 e. The van der Waals surface area contributed by atoms with Gasteiger partial charge in [-0.1, -0.05) is 30.3 Å². The van der Waals surface area contributed by atoms with Crippen molar-refractivity contribution in [3.8, 4) is 17.1 Å². The molecule has 0 fully saturated rings. The molecule has 0 spiro atoms. The average molecular weight is 376 g/mol. The molecule has 28 heavy (non-hydrogen) atoms. The molecule has 1 aliphatic rings. The van der Waals surface area contributed by atoms with Gasteiger partial charge < -0.3 is 13.9 Å². The number of hydrogen-bond donors (Lipinski definition) is 0. The average Bonchev–Trinajstić information content (AvgIpc) is 3.08. The zero-order chi connectivity index (χ0) is 19.5. The number of ether oxygens (including phenoxy) is 2. The second-order valence-corrected chi connectivity index (χ2v) is 6.58. The summed E-state index contributed by atoms with van der Waals surface area (Å²) in [5.41, 5.74) is 1.68. The van der Waals surface area contributed by atoms with E-state index >= 15 is 0 Å². The van der Waals surface area contributed by atoms with Gasteiger partial charge in [0.2, 0.25) is 0 Å². The van der Waals surface area contributed by atoms with E-state index in [4.69, 9.17) is 13.9 Å². The van der Waals surface area contributed by atoms with Crippen LogP contribution in [0.4, 0.5) is 0 Å². The van der Waals surface area contributed by atoms with Gasteiger partial charge in [-0.05, 0) is 31.5 Å². The van der Waals surface area contributed by atoms with E-state index in [2.05, 4.69) is 0 Å². The van der Waals surface area contributed by atoms with Crippen molar-refractivity contribution in [1.82, 2.24) is 0 Å². The highest BCUT2D eigenvalue weighted by Gasteiger charge is 2.25. The molecule has 1 aliphatic carbocycles.